The van der Waals surface area contributed by atoms with Crippen LogP contribution in [-0.4, -0.2) is 19.6 Å². The van der Waals surface area contributed by atoms with Gasteiger partial charge in [-0.2, -0.15) is 9.61 Å². The molecule has 2 N–H and O–H groups in total. The van der Waals surface area contributed by atoms with Crippen LogP contribution < -0.4 is 10.9 Å². The van der Waals surface area contributed by atoms with E-state index in [0.29, 0.717) is 24.6 Å². The van der Waals surface area contributed by atoms with E-state index in [9.17, 15) is 4.79 Å². The molecule has 0 saturated heterocycles. The zero-order valence-corrected chi connectivity index (χ0v) is 11.1. The molecule has 0 fully saturated rings. The molecule has 102 valence electrons. The number of aryl methyl sites for hydroxylation is 1. The average Bonchev–Trinajstić information content (AvgIpc) is 2.82. The highest BCUT2D eigenvalue weighted by atomic mass is 16.1. The molecule has 0 aliphatic rings. The van der Waals surface area contributed by atoms with Crippen molar-refractivity contribution in [1.82, 2.24) is 24.9 Å². The van der Waals surface area contributed by atoms with Gasteiger partial charge in [0.1, 0.15) is 7.67 Å². The van der Waals surface area contributed by atoms with Gasteiger partial charge in [0.15, 0.2) is 0 Å². The zero-order valence-electron chi connectivity index (χ0n) is 12.1. The summed E-state index contributed by atoms with van der Waals surface area (Å²) < 4.78 is 8.47. The molecule has 0 amide bonds. The first-order valence-corrected chi connectivity index (χ1v) is 6.34. The van der Waals surface area contributed by atoms with Gasteiger partial charge in [-0.1, -0.05) is 29.8 Å². The van der Waals surface area contributed by atoms with Gasteiger partial charge in [-0.15, -0.1) is 0 Å². The van der Waals surface area contributed by atoms with Gasteiger partial charge in [-0.3, -0.25) is 4.79 Å². The van der Waals surface area contributed by atoms with Crippen molar-refractivity contribution in [1.29, 1.82) is 0 Å². The average molecular weight is 270 g/mol. The van der Waals surface area contributed by atoms with E-state index in [0.717, 1.165) is 4.52 Å². The van der Waals surface area contributed by atoms with Crippen molar-refractivity contribution < 1.29 is 1.37 Å². The Morgan fingerprint density at radius 2 is 2.15 bits per heavy atom. The van der Waals surface area contributed by atoms with Crippen molar-refractivity contribution >= 4 is 5.78 Å². The standard InChI is InChI=1S/C14H15N5O/c1-10-2-4-11(5-3-10)7-15-8-12-6-13(20)19-14(18-12)16-9-17-19/h2-6,9,15H,7-8H2,1H3,(H,16,17,18)/i9D. The number of rotatable bonds is 4. The molecule has 2 aromatic heterocycles. The summed E-state index contributed by atoms with van der Waals surface area (Å²) >= 11 is 0. The second-order valence-electron chi connectivity index (χ2n) is 4.65. The summed E-state index contributed by atoms with van der Waals surface area (Å²) in [5.74, 6) is 0.291. The molecular weight excluding hydrogens is 254 g/mol. The number of hydrogen-bond donors (Lipinski definition) is 2. The number of nitrogens with one attached hydrogen (secondary N) is 2. The summed E-state index contributed by atoms with van der Waals surface area (Å²) in [5, 5.41) is 6.97. The third-order valence-corrected chi connectivity index (χ3v) is 3.02. The quantitative estimate of drug-likeness (QED) is 0.742. The van der Waals surface area contributed by atoms with Gasteiger partial charge >= 0.3 is 0 Å². The van der Waals surface area contributed by atoms with Crippen LogP contribution in [0.5, 0.6) is 0 Å². The minimum absolute atomic E-state index is 0.0793. The lowest BCUT2D eigenvalue weighted by Gasteiger charge is -2.05. The summed E-state index contributed by atoms with van der Waals surface area (Å²) in [6.07, 6.45) is -0.0793. The number of nitrogens with zero attached hydrogens (tertiary/aromatic N) is 3. The van der Waals surface area contributed by atoms with Crippen molar-refractivity contribution in [2.75, 3.05) is 0 Å². The van der Waals surface area contributed by atoms with Crippen molar-refractivity contribution in [3.05, 3.63) is 63.8 Å². The lowest BCUT2D eigenvalue weighted by Crippen LogP contribution is -2.20. The van der Waals surface area contributed by atoms with E-state index in [1.807, 2.05) is 0 Å². The fourth-order valence-corrected chi connectivity index (χ4v) is 1.96. The third kappa shape index (κ3) is 2.60. The minimum atomic E-state index is -0.290. The summed E-state index contributed by atoms with van der Waals surface area (Å²) in [7, 11) is 0. The van der Waals surface area contributed by atoms with Crippen LogP contribution in [0.1, 0.15) is 18.2 Å². The second kappa shape index (κ2) is 5.26. The zero-order chi connectivity index (χ0) is 14.8. The molecule has 1 aromatic carbocycles. The number of aromatic amines is 1. The SMILES string of the molecule is [2H]c1nn2c(=O)cc(CNCc3ccc(C)cc3)nc2[nH]1. The summed E-state index contributed by atoms with van der Waals surface area (Å²) in [5.41, 5.74) is 2.73. The van der Waals surface area contributed by atoms with Crippen LogP contribution >= 0.6 is 0 Å². The number of H-pyrrole nitrogens is 1. The maximum atomic E-state index is 11.8. The van der Waals surface area contributed by atoms with Gasteiger partial charge in [0.2, 0.25) is 5.78 Å². The Labute approximate surface area is 116 Å². The predicted octanol–water partition coefficient (Wildman–Crippen LogP) is 1.02. The Kier molecular flexibility index (Phi) is 2.99. The third-order valence-electron chi connectivity index (χ3n) is 3.02. The molecule has 20 heavy (non-hydrogen) atoms. The number of fused-ring (bicyclic) bond motifs is 1. The normalized spacial score (nSPS) is 11.8. The maximum absolute atomic E-state index is 11.8. The van der Waals surface area contributed by atoms with Gasteiger partial charge in [-0.25, -0.2) is 4.98 Å². The lowest BCUT2D eigenvalue weighted by molar-refractivity contribution is 0.676. The Morgan fingerprint density at radius 1 is 1.35 bits per heavy atom. The molecule has 0 saturated carbocycles. The van der Waals surface area contributed by atoms with Gasteiger partial charge in [-0.05, 0) is 12.5 Å². The van der Waals surface area contributed by atoms with E-state index in [2.05, 4.69) is 51.6 Å². The molecule has 0 aliphatic heterocycles. The number of benzene rings is 1. The lowest BCUT2D eigenvalue weighted by atomic mass is 10.1. The van der Waals surface area contributed by atoms with Crippen molar-refractivity contribution in [3.63, 3.8) is 0 Å². The van der Waals surface area contributed by atoms with Crippen molar-refractivity contribution in [2.45, 2.75) is 20.0 Å². The number of hydrogen-bond acceptors (Lipinski definition) is 4. The van der Waals surface area contributed by atoms with Crippen LogP contribution in [0.4, 0.5) is 0 Å². The van der Waals surface area contributed by atoms with E-state index < -0.39 is 0 Å². The van der Waals surface area contributed by atoms with Gasteiger partial charge in [0.05, 0.1) is 5.69 Å². The summed E-state index contributed by atoms with van der Waals surface area (Å²) in [4.78, 5) is 18.7. The summed E-state index contributed by atoms with van der Waals surface area (Å²) in [6, 6.07) is 9.68. The van der Waals surface area contributed by atoms with Crippen LogP contribution in [0, 0.1) is 6.92 Å². The molecule has 6 nitrogen and oxygen atoms in total. The monoisotopic (exact) mass is 270 g/mol. The molecule has 3 rings (SSSR count). The molecule has 0 radical (unpaired) electrons. The highest BCUT2D eigenvalue weighted by Gasteiger charge is 2.03. The molecule has 0 unspecified atom stereocenters. The second-order valence-corrected chi connectivity index (χ2v) is 4.65. The van der Waals surface area contributed by atoms with E-state index in [1.165, 1.54) is 17.2 Å². The van der Waals surface area contributed by atoms with Crippen molar-refractivity contribution in [2.24, 2.45) is 0 Å². The highest BCUT2D eigenvalue weighted by Crippen LogP contribution is 2.03. The maximum Gasteiger partial charge on any atom is 0.275 e. The number of aromatic nitrogens is 4. The predicted molar refractivity (Wildman–Crippen MR) is 75.3 cm³/mol. The van der Waals surface area contributed by atoms with Crippen LogP contribution in [0.2, 0.25) is 0 Å². The molecule has 0 bridgehead atoms. The Bertz CT molecular complexity index is 821. The Hall–Kier alpha value is -2.47. The van der Waals surface area contributed by atoms with Gasteiger partial charge in [0, 0.05) is 19.2 Å². The highest BCUT2D eigenvalue weighted by molar-refractivity contribution is 5.26. The fraction of sp³-hybridized carbons (Fsp3) is 0.214. The molecule has 6 heteroatoms. The molecular formula is C14H15N5O. The van der Waals surface area contributed by atoms with E-state index >= 15 is 0 Å². The molecule has 0 aliphatic carbocycles. The Balaban J connectivity index is 1.70. The largest absolute Gasteiger partial charge is 0.313 e. The minimum Gasteiger partial charge on any atom is -0.313 e. The van der Waals surface area contributed by atoms with Gasteiger partial charge < -0.3 is 10.3 Å². The van der Waals surface area contributed by atoms with Crippen LogP contribution in [0.3, 0.4) is 0 Å². The first-order valence-electron chi connectivity index (χ1n) is 6.84. The van der Waals surface area contributed by atoms with Crippen LogP contribution in [0.25, 0.3) is 5.78 Å². The topological polar surface area (TPSA) is 75.1 Å². The summed E-state index contributed by atoms with van der Waals surface area (Å²) in [6.45, 7) is 3.23. The van der Waals surface area contributed by atoms with E-state index in [1.54, 1.807) is 0 Å². The van der Waals surface area contributed by atoms with Gasteiger partial charge in [0.25, 0.3) is 5.56 Å². The first kappa shape index (κ1) is 11.4. The molecule has 0 spiro atoms. The molecule has 2 heterocycles. The molecule has 0 atom stereocenters. The van der Waals surface area contributed by atoms with E-state index in [-0.39, 0.29) is 11.9 Å². The van der Waals surface area contributed by atoms with Crippen LogP contribution in [-0.2, 0) is 13.1 Å². The fourth-order valence-electron chi connectivity index (χ4n) is 1.96. The molecule has 3 aromatic rings. The van der Waals surface area contributed by atoms with E-state index in [4.69, 9.17) is 1.37 Å². The smallest absolute Gasteiger partial charge is 0.275 e. The first-order chi connectivity index (χ1) is 10.1. The van der Waals surface area contributed by atoms with Crippen LogP contribution in [0.15, 0.2) is 41.4 Å². The van der Waals surface area contributed by atoms with Crippen molar-refractivity contribution in [3.8, 4) is 0 Å². The Morgan fingerprint density at radius 3 is 2.95 bits per heavy atom.